The van der Waals surface area contributed by atoms with E-state index in [2.05, 4.69) is 4.74 Å². The Balaban J connectivity index is 3.25. The minimum absolute atomic E-state index is 0.0962. The monoisotopic (exact) mass is 182 g/mol. The average Bonchev–Trinajstić information content (AvgIpc) is 1.94. The molecule has 0 aromatic heterocycles. The Morgan fingerprint density at radius 2 is 1.92 bits per heavy atom. The van der Waals surface area contributed by atoms with Crippen molar-refractivity contribution in [1.29, 1.82) is 0 Å². The first-order valence-corrected chi connectivity index (χ1v) is 3.92. The summed E-state index contributed by atoms with van der Waals surface area (Å²) in [5.74, 6) is 0. The molecule has 0 spiro atoms. The molecule has 0 N–H and O–H groups in total. The topological polar surface area (TPSA) is 9.23 Å². The van der Waals surface area contributed by atoms with Crippen LogP contribution in [0, 0.1) is 0 Å². The highest BCUT2D eigenvalue weighted by atomic mass is 19.4. The second-order valence-electron chi connectivity index (χ2n) is 2.42. The van der Waals surface area contributed by atoms with Crippen LogP contribution in [0.1, 0.15) is 26.2 Å². The molecule has 0 heterocycles. The van der Waals surface area contributed by atoms with Crippen molar-refractivity contribution >= 4 is 0 Å². The molecule has 0 aromatic carbocycles. The van der Waals surface area contributed by atoms with E-state index in [9.17, 15) is 13.2 Å². The predicted molar refractivity (Wildman–Crippen MR) is 40.7 cm³/mol. The quantitative estimate of drug-likeness (QED) is 0.468. The molecule has 0 bridgehead atoms. The highest BCUT2D eigenvalue weighted by Crippen LogP contribution is 2.15. The van der Waals surface area contributed by atoms with Crippen LogP contribution in [0.3, 0.4) is 0 Å². The van der Waals surface area contributed by atoms with Gasteiger partial charge >= 0.3 is 6.18 Å². The molecule has 0 aliphatic rings. The second-order valence-corrected chi connectivity index (χ2v) is 2.42. The summed E-state index contributed by atoms with van der Waals surface area (Å²) in [4.78, 5) is 0. The van der Waals surface area contributed by atoms with Gasteiger partial charge in [0.15, 0.2) is 0 Å². The molecule has 0 unspecified atom stereocenters. The van der Waals surface area contributed by atoms with Crippen molar-refractivity contribution in [1.82, 2.24) is 0 Å². The number of ether oxygens (including phenoxy) is 1. The SMILES string of the molecule is CCCCCO/C=C\C(F)(F)F. The van der Waals surface area contributed by atoms with E-state index in [1.807, 2.05) is 6.92 Å². The lowest BCUT2D eigenvalue weighted by Gasteiger charge is -2.00. The molecule has 12 heavy (non-hydrogen) atoms. The Hall–Kier alpha value is -0.670. The molecule has 0 rings (SSSR count). The van der Waals surface area contributed by atoms with Gasteiger partial charge in [-0.15, -0.1) is 0 Å². The number of rotatable bonds is 5. The van der Waals surface area contributed by atoms with E-state index in [1.165, 1.54) is 0 Å². The molecule has 72 valence electrons. The summed E-state index contributed by atoms with van der Waals surface area (Å²) in [6, 6.07) is 0. The van der Waals surface area contributed by atoms with E-state index in [1.54, 1.807) is 0 Å². The molecule has 0 aliphatic carbocycles. The summed E-state index contributed by atoms with van der Waals surface area (Å²) in [6.45, 7) is 2.38. The Labute approximate surface area is 70.2 Å². The minimum atomic E-state index is -4.26. The molecule has 0 aliphatic heterocycles. The van der Waals surface area contributed by atoms with Gasteiger partial charge in [-0.05, 0) is 6.42 Å². The first-order valence-electron chi connectivity index (χ1n) is 3.92. The van der Waals surface area contributed by atoms with Crippen LogP contribution in [-0.4, -0.2) is 12.8 Å². The maximum Gasteiger partial charge on any atom is 0.412 e. The summed E-state index contributed by atoms with van der Waals surface area (Å²) in [6.07, 6.45) is -0.635. The van der Waals surface area contributed by atoms with Gasteiger partial charge in [0.05, 0.1) is 18.9 Å². The van der Waals surface area contributed by atoms with Crippen molar-refractivity contribution < 1.29 is 17.9 Å². The molecule has 0 aromatic rings. The fourth-order valence-electron chi connectivity index (χ4n) is 0.629. The van der Waals surface area contributed by atoms with Gasteiger partial charge in [-0.2, -0.15) is 13.2 Å². The molecule has 0 atom stereocenters. The fraction of sp³-hybridized carbons (Fsp3) is 0.750. The molecule has 1 nitrogen and oxygen atoms in total. The fourth-order valence-corrected chi connectivity index (χ4v) is 0.629. The number of hydrogen-bond donors (Lipinski definition) is 0. The van der Waals surface area contributed by atoms with Gasteiger partial charge in [-0.25, -0.2) is 0 Å². The van der Waals surface area contributed by atoms with Crippen LogP contribution >= 0.6 is 0 Å². The summed E-state index contributed by atoms with van der Waals surface area (Å²) < 4.78 is 39.0. The number of halogens is 3. The zero-order chi connectivity index (χ0) is 9.45. The van der Waals surface area contributed by atoms with Gasteiger partial charge in [-0.1, -0.05) is 19.8 Å². The molecule has 4 heteroatoms. The van der Waals surface area contributed by atoms with Crippen LogP contribution in [0.4, 0.5) is 13.2 Å². The van der Waals surface area contributed by atoms with E-state index in [-0.39, 0.29) is 6.08 Å². The lowest BCUT2D eigenvalue weighted by atomic mass is 10.3. The molecule has 0 amide bonds. The number of unbranched alkanes of at least 4 members (excludes halogenated alkanes) is 2. The summed E-state index contributed by atoms with van der Waals surface area (Å²) >= 11 is 0. The van der Waals surface area contributed by atoms with Gasteiger partial charge in [0.2, 0.25) is 0 Å². The first-order chi connectivity index (χ1) is 5.56. The Bertz CT molecular complexity index is 129. The third-order valence-electron chi connectivity index (χ3n) is 1.22. The Morgan fingerprint density at radius 3 is 2.42 bits per heavy atom. The average molecular weight is 182 g/mol. The lowest BCUT2D eigenvalue weighted by molar-refractivity contribution is -0.0816. The second kappa shape index (κ2) is 5.91. The lowest BCUT2D eigenvalue weighted by Crippen LogP contribution is -2.01. The van der Waals surface area contributed by atoms with Crippen molar-refractivity contribution in [2.45, 2.75) is 32.4 Å². The largest absolute Gasteiger partial charge is 0.501 e. The van der Waals surface area contributed by atoms with E-state index < -0.39 is 6.18 Å². The van der Waals surface area contributed by atoms with Crippen LogP contribution in [-0.2, 0) is 4.74 Å². The van der Waals surface area contributed by atoms with Gasteiger partial charge in [0, 0.05) is 0 Å². The zero-order valence-corrected chi connectivity index (χ0v) is 7.03. The molecular weight excluding hydrogens is 169 g/mol. The van der Waals surface area contributed by atoms with Gasteiger partial charge < -0.3 is 4.74 Å². The van der Waals surface area contributed by atoms with Crippen molar-refractivity contribution in [2.24, 2.45) is 0 Å². The highest BCUT2D eigenvalue weighted by molar-refractivity contribution is 4.82. The van der Waals surface area contributed by atoms with Gasteiger partial charge in [-0.3, -0.25) is 0 Å². The van der Waals surface area contributed by atoms with E-state index in [4.69, 9.17) is 0 Å². The number of alkyl halides is 3. The smallest absolute Gasteiger partial charge is 0.412 e. The van der Waals surface area contributed by atoms with Crippen molar-refractivity contribution in [3.8, 4) is 0 Å². The van der Waals surface area contributed by atoms with Crippen LogP contribution in [0.25, 0.3) is 0 Å². The molecular formula is C8H13F3O. The minimum Gasteiger partial charge on any atom is -0.501 e. The van der Waals surface area contributed by atoms with Gasteiger partial charge in [0.25, 0.3) is 0 Å². The standard InChI is InChI=1S/C8H13F3O/c1-2-3-4-6-12-7-5-8(9,10)11/h5,7H,2-4,6H2,1H3/b7-5-. The summed E-state index contributed by atoms with van der Waals surface area (Å²) in [7, 11) is 0. The normalized spacial score (nSPS) is 12.3. The zero-order valence-electron chi connectivity index (χ0n) is 7.03. The third-order valence-corrected chi connectivity index (χ3v) is 1.22. The van der Waals surface area contributed by atoms with Crippen molar-refractivity contribution in [3.05, 3.63) is 12.3 Å². The predicted octanol–water partition coefficient (Wildman–Crippen LogP) is 3.27. The Kier molecular flexibility index (Phi) is 5.58. The van der Waals surface area contributed by atoms with Crippen LogP contribution in [0.2, 0.25) is 0 Å². The first kappa shape index (κ1) is 11.3. The van der Waals surface area contributed by atoms with E-state index in [0.717, 1.165) is 19.3 Å². The molecule has 0 radical (unpaired) electrons. The number of hydrogen-bond acceptors (Lipinski definition) is 1. The van der Waals surface area contributed by atoms with Gasteiger partial charge in [0.1, 0.15) is 0 Å². The summed E-state index contributed by atoms with van der Waals surface area (Å²) in [5.41, 5.74) is 0. The summed E-state index contributed by atoms with van der Waals surface area (Å²) in [5, 5.41) is 0. The van der Waals surface area contributed by atoms with Crippen molar-refractivity contribution in [2.75, 3.05) is 6.61 Å². The maximum absolute atomic E-state index is 11.5. The third kappa shape index (κ3) is 9.33. The van der Waals surface area contributed by atoms with Crippen LogP contribution in [0.15, 0.2) is 12.3 Å². The van der Waals surface area contributed by atoms with Crippen LogP contribution in [0.5, 0.6) is 0 Å². The molecule has 0 saturated heterocycles. The maximum atomic E-state index is 11.5. The van der Waals surface area contributed by atoms with Crippen LogP contribution < -0.4 is 0 Å². The molecule has 0 fully saturated rings. The van der Waals surface area contributed by atoms with E-state index in [0.29, 0.717) is 12.9 Å². The highest BCUT2D eigenvalue weighted by Gasteiger charge is 2.22. The van der Waals surface area contributed by atoms with E-state index >= 15 is 0 Å². The molecule has 0 saturated carbocycles. The number of allylic oxidation sites excluding steroid dienone is 1. The Morgan fingerprint density at radius 1 is 1.25 bits per heavy atom. The van der Waals surface area contributed by atoms with Crippen molar-refractivity contribution in [3.63, 3.8) is 0 Å².